The van der Waals surface area contributed by atoms with E-state index in [1.807, 2.05) is 18.3 Å². The number of carbonyl (C=O) groups excluding carboxylic acids is 1. The van der Waals surface area contributed by atoms with Gasteiger partial charge in [0.25, 0.3) is 0 Å². The van der Waals surface area contributed by atoms with Gasteiger partial charge in [0, 0.05) is 32.4 Å². The SMILES string of the molecule is O=C(N1CCN(c2ccccn2)CC1)C12C[C@@H]3C[C@@H](C1)CC(c1ccccc1)(C3)C2. The molecule has 2 atom stereocenters. The first-order chi connectivity index (χ1) is 14.7. The summed E-state index contributed by atoms with van der Waals surface area (Å²) in [5, 5.41) is 0. The highest BCUT2D eigenvalue weighted by molar-refractivity contribution is 5.84. The molecule has 4 nitrogen and oxygen atoms in total. The molecule has 2 heterocycles. The number of aromatic nitrogens is 1. The van der Waals surface area contributed by atoms with Crippen LogP contribution in [0.5, 0.6) is 0 Å². The Morgan fingerprint density at radius 1 is 0.867 bits per heavy atom. The summed E-state index contributed by atoms with van der Waals surface area (Å²) >= 11 is 0. The molecule has 0 unspecified atom stereocenters. The molecule has 0 spiro atoms. The largest absolute Gasteiger partial charge is 0.353 e. The maximum absolute atomic E-state index is 14.0. The Balaban J connectivity index is 1.23. The molecule has 5 fully saturated rings. The molecule has 1 amide bonds. The fourth-order valence-electron chi connectivity index (χ4n) is 7.66. The van der Waals surface area contributed by atoms with Crippen molar-refractivity contribution in [3.8, 4) is 0 Å². The Hall–Kier alpha value is -2.36. The van der Waals surface area contributed by atoms with Gasteiger partial charge in [-0.2, -0.15) is 0 Å². The molecule has 4 saturated carbocycles. The van der Waals surface area contributed by atoms with E-state index in [1.54, 1.807) is 0 Å². The van der Waals surface area contributed by atoms with Gasteiger partial charge in [-0.25, -0.2) is 4.98 Å². The van der Waals surface area contributed by atoms with Gasteiger partial charge in [0.1, 0.15) is 5.82 Å². The molecule has 1 aromatic heterocycles. The van der Waals surface area contributed by atoms with Crippen LogP contribution < -0.4 is 4.90 Å². The maximum Gasteiger partial charge on any atom is 0.228 e. The summed E-state index contributed by atoms with van der Waals surface area (Å²) in [4.78, 5) is 23.0. The number of hydrogen-bond acceptors (Lipinski definition) is 3. The molecule has 156 valence electrons. The number of benzene rings is 1. The third kappa shape index (κ3) is 2.87. The lowest BCUT2D eigenvalue weighted by atomic mass is 9.42. The normalized spacial score (nSPS) is 34.9. The van der Waals surface area contributed by atoms with Crippen molar-refractivity contribution in [1.29, 1.82) is 0 Å². The van der Waals surface area contributed by atoms with E-state index in [-0.39, 0.29) is 10.8 Å². The van der Waals surface area contributed by atoms with E-state index in [1.165, 1.54) is 24.8 Å². The van der Waals surface area contributed by atoms with Crippen LogP contribution in [0.2, 0.25) is 0 Å². The summed E-state index contributed by atoms with van der Waals surface area (Å²) in [5.41, 5.74) is 1.60. The predicted octanol–water partition coefficient (Wildman–Crippen LogP) is 4.27. The van der Waals surface area contributed by atoms with Gasteiger partial charge in [-0.1, -0.05) is 36.4 Å². The van der Waals surface area contributed by atoms with Crippen LogP contribution in [0.1, 0.15) is 44.1 Å². The zero-order valence-corrected chi connectivity index (χ0v) is 17.7. The average molecular weight is 402 g/mol. The fourth-order valence-corrected chi connectivity index (χ4v) is 7.66. The summed E-state index contributed by atoms with van der Waals surface area (Å²) in [7, 11) is 0. The van der Waals surface area contributed by atoms with E-state index in [2.05, 4.69) is 51.2 Å². The van der Waals surface area contributed by atoms with E-state index in [9.17, 15) is 4.79 Å². The van der Waals surface area contributed by atoms with Gasteiger partial charge < -0.3 is 9.80 Å². The molecule has 1 saturated heterocycles. The topological polar surface area (TPSA) is 36.4 Å². The van der Waals surface area contributed by atoms with Gasteiger partial charge in [-0.3, -0.25) is 4.79 Å². The number of carbonyl (C=O) groups is 1. The minimum absolute atomic E-state index is 0.118. The molecule has 7 rings (SSSR count). The van der Waals surface area contributed by atoms with Crippen molar-refractivity contribution in [2.24, 2.45) is 17.3 Å². The summed E-state index contributed by atoms with van der Waals surface area (Å²) in [6.45, 7) is 3.42. The molecule has 1 aromatic carbocycles. The second-order valence-electron chi connectivity index (χ2n) is 10.4. The van der Waals surface area contributed by atoms with Gasteiger partial charge in [0.2, 0.25) is 5.91 Å². The number of rotatable bonds is 3. The molecular weight excluding hydrogens is 370 g/mol. The molecular formula is C26H31N3O. The minimum atomic E-state index is -0.118. The molecule has 4 bridgehead atoms. The van der Waals surface area contributed by atoms with Crippen LogP contribution in [0.3, 0.4) is 0 Å². The smallest absolute Gasteiger partial charge is 0.228 e. The summed E-state index contributed by atoms with van der Waals surface area (Å²) in [6, 6.07) is 17.2. The standard InChI is InChI=1S/C26H31N3O/c30-24(29-12-10-28(11-13-29)23-8-4-5-9-27-23)26-17-20-14-21(18-26)16-25(15-20,19-26)22-6-2-1-3-7-22/h1-9,20-21H,10-19H2/t20-,21-,25?,26?/m1/s1. The summed E-state index contributed by atoms with van der Waals surface area (Å²) in [6.07, 6.45) is 9.08. The lowest BCUT2D eigenvalue weighted by molar-refractivity contribution is -0.160. The van der Waals surface area contributed by atoms with Crippen LogP contribution in [0.25, 0.3) is 0 Å². The predicted molar refractivity (Wildman–Crippen MR) is 118 cm³/mol. The lowest BCUT2D eigenvalue weighted by Crippen LogP contribution is -2.61. The first-order valence-corrected chi connectivity index (χ1v) is 11.7. The van der Waals surface area contributed by atoms with Gasteiger partial charge >= 0.3 is 0 Å². The van der Waals surface area contributed by atoms with E-state index in [0.717, 1.165) is 63.1 Å². The number of anilines is 1. The number of amides is 1. The monoisotopic (exact) mass is 401 g/mol. The number of nitrogens with zero attached hydrogens (tertiary/aromatic N) is 3. The average Bonchev–Trinajstić information content (AvgIpc) is 2.79. The second-order valence-corrected chi connectivity index (χ2v) is 10.4. The highest BCUT2D eigenvalue weighted by Crippen LogP contribution is 2.66. The van der Waals surface area contributed by atoms with Crippen molar-refractivity contribution >= 4 is 11.7 Å². The highest BCUT2D eigenvalue weighted by Gasteiger charge is 2.61. The summed E-state index contributed by atoms with van der Waals surface area (Å²) in [5.74, 6) is 2.94. The van der Waals surface area contributed by atoms with Gasteiger partial charge in [0.15, 0.2) is 0 Å². The molecule has 4 aliphatic carbocycles. The van der Waals surface area contributed by atoms with Crippen LogP contribution in [-0.4, -0.2) is 42.0 Å². The Morgan fingerprint density at radius 2 is 1.57 bits per heavy atom. The van der Waals surface area contributed by atoms with Gasteiger partial charge in [-0.15, -0.1) is 0 Å². The minimum Gasteiger partial charge on any atom is -0.353 e. The van der Waals surface area contributed by atoms with E-state index >= 15 is 0 Å². The van der Waals surface area contributed by atoms with E-state index in [4.69, 9.17) is 0 Å². The quantitative estimate of drug-likeness (QED) is 0.771. The van der Waals surface area contributed by atoms with Crippen LogP contribution in [-0.2, 0) is 10.2 Å². The molecule has 1 aliphatic heterocycles. The van der Waals surface area contributed by atoms with Crippen molar-refractivity contribution in [1.82, 2.24) is 9.88 Å². The van der Waals surface area contributed by atoms with Crippen molar-refractivity contribution in [3.05, 3.63) is 60.3 Å². The summed E-state index contributed by atoms with van der Waals surface area (Å²) < 4.78 is 0. The molecule has 0 radical (unpaired) electrons. The van der Waals surface area contributed by atoms with Crippen molar-refractivity contribution < 1.29 is 4.79 Å². The molecule has 0 N–H and O–H groups in total. The van der Waals surface area contributed by atoms with Gasteiger partial charge in [-0.05, 0) is 73.5 Å². The Labute approximate surface area is 179 Å². The zero-order valence-electron chi connectivity index (χ0n) is 17.7. The number of hydrogen-bond donors (Lipinski definition) is 0. The van der Waals surface area contributed by atoms with E-state index < -0.39 is 0 Å². The van der Waals surface area contributed by atoms with Crippen LogP contribution in [0, 0.1) is 17.3 Å². The first kappa shape index (κ1) is 18.4. The molecule has 2 aromatic rings. The van der Waals surface area contributed by atoms with Crippen LogP contribution >= 0.6 is 0 Å². The van der Waals surface area contributed by atoms with Crippen molar-refractivity contribution in [2.75, 3.05) is 31.1 Å². The Kier molecular flexibility index (Phi) is 4.19. The van der Waals surface area contributed by atoms with Crippen molar-refractivity contribution in [2.45, 2.75) is 43.9 Å². The Morgan fingerprint density at radius 3 is 2.23 bits per heavy atom. The molecule has 5 aliphatic rings. The molecule has 4 heteroatoms. The molecule has 30 heavy (non-hydrogen) atoms. The van der Waals surface area contributed by atoms with Crippen LogP contribution in [0.4, 0.5) is 5.82 Å². The fraction of sp³-hybridized carbons (Fsp3) is 0.538. The number of pyridine rings is 1. The van der Waals surface area contributed by atoms with Gasteiger partial charge in [0.05, 0.1) is 5.41 Å². The zero-order chi connectivity index (χ0) is 20.2. The highest BCUT2D eigenvalue weighted by atomic mass is 16.2. The van der Waals surface area contributed by atoms with Crippen LogP contribution in [0.15, 0.2) is 54.7 Å². The second kappa shape index (κ2) is 6.83. The number of piperazine rings is 1. The van der Waals surface area contributed by atoms with Crippen molar-refractivity contribution in [3.63, 3.8) is 0 Å². The third-order valence-electron chi connectivity index (χ3n) is 8.44. The van der Waals surface area contributed by atoms with E-state index in [0.29, 0.717) is 5.91 Å². The first-order valence-electron chi connectivity index (χ1n) is 11.7. The maximum atomic E-state index is 14.0. The lowest BCUT2D eigenvalue weighted by Gasteiger charge is -2.62. The third-order valence-corrected chi connectivity index (χ3v) is 8.44. The Bertz CT molecular complexity index is 906.